The van der Waals surface area contributed by atoms with Crippen molar-refractivity contribution in [3.05, 3.63) is 28.7 Å². The summed E-state index contributed by atoms with van der Waals surface area (Å²) in [5, 5.41) is 2.60. The van der Waals surface area contributed by atoms with E-state index in [1.807, 2.05) is 18.2 Å². The van der Waals surface area contributed by atoms with Gasteiger partial charge in [-0.15, -0.1) is 0 Å². The second-order valence-corrected chi connectivity index (χ2v) is 6.69. The van der Waals surface area contributed by atoms with Crippen molar-refractivity contribution in [1.82, 2.24) is 5.32 Å². The van der Waals surface area contributed by atoms with Crippen molar-refractivity contribution in [1.29, 1.82) is 0 Å². The third kappa shape index (κ3) is 4.22. The average Bonchev–Trinajstić information content (AvgIpc) is 2.74. The van der Waals surface area contributed by atoms with Crippen LogP contribution in [0.4, 0.5) is 0 Å². The van der Waals surface area contributed by atoms with E-state index in [1.54, 1.807) is 13.2 Å². The Morgan fingerprint density at radius 3 is 2.71 bits per heavy atom. The van der Waals surface area contributed by atoms with Crippen molar-refractivity contribution < 1.29 is 14.3 Å². The molecule has 0 aromatic heterocycles. The van der Waals surface area contributed by atoms with Gasteiger partial charge in [0.25, 0.3) is 5.91 Å². The zero-order valence-corrected chi connectivity index (χ0v) is 13.8. The lowest BCUT2D eigenvalue weighted by molar-refractivity contribution is -0.115. The summed E-state index contributed by atoms with van der Waals surface area (Å²) >= 11 is 6.23. The molecule has 21 heavy (non-hydrogen) atoms. The van der Waals surface area contributed by atoms with Crippen LogP contribution in [-0.4, -0.2) is 23.9 Å². The van der Waals surface area contributed by atoms with Crippen molar-refractivity contribution in [2.45, 2.75) is 13.8 Å². The SMILES string of the molecule is COc1ccc(/C=C2\SC(=S)NC2=O)cc1OCC(C)C. The van der Waals surface area contributed by atoms with Crippen molar-refractivity contribution >= 4 is 40.3 Å². The fraction of sp³-hybridized carbons (Fsp3) is 0.333. The van der Waals surface area contributed by atoms with E-state index in [0.717, 1.165) is 5.56 Å². The molecular weight excluding hydrogens is 306 g/mol. The van der Waals surface area contributed by atoms with E-state index in [-0.39, 0.29) is 5.91 Å². The molecule has 2 rings (SSSR count). The molecule has 1 aromatic carbocycles. The van der Waals surface area contributed by atoms with Crippen LogP contribution in [0.25, 0.3) is 6.08 Å². The largest absolute Gasteiger partial charge is 0.493 e. The van der Waals surface area contributed by atoms with Crippen LogP contribution in [-0.2, 0) is 4.79 Å². The van der Waals surface area contributed by atoms with E-state index in [9.17, 15) is 4.79 Å². The van der Waals surface area contributed by atoms with Crippen molar-refractivity contribution in [2.75, 3.05) is 13.7 Å². The Morgan fingerprint density at radius 2 is 2.14 bits per heavy atom. The van der Waals surface area contributed by atoms with E-state index >= 15 is 0 Å². The van der Waals surface area contributed by atoms with Crippen LogP contribution in [0.2, 0.25) is 0 Å². The van der Waals surface area contributed by atoms with Gasteiger partial charge in [0.1, 0.15) is 4.32 Å². The molecule has 0 bridgehead atoms. The minimum absolute atomic E-state index is 0.162. The molecule has 4 nitrogen and oxygen atoms in total. The van der Waals surface area contributed by atoms with Gasteiger partial charge in [0.2, 0.25) is 0 Å². The molecule has 1 aliphatic rings. The lowest BCUT2D eigenvalue weighted by atomic mass is 10.2. The Bertz CT molecular complexity index is 597. The summed E-state index contributed by atoms with van der Waals surface area (Å²) in [6.45, 7) is 4.77. The maximum absolute atomic E-state index is 11.7. The molecule has 0 unspecified atom stereocenters. The van der Waals surface area contributed by atoms with Crippen LogP contribution in [0.5, 0.6) is 11.5 Å². The molecule has 0 radical (unpaired) electrons. The second kappa shape index (κ2) is 6.95. The van der Waals surface area contributed by atoms with Crippen LogP contribution >= 0.6 is 24.0 Å². The van der Waals surface area contributed by atoms with Crippen LogP contribution in [0.1, 0.15) is 19.4 Å². The minimum Gasteiger partial charge on any atom is -0.493 e. The first kappa shape index (κ1) is 15.9. The Kier molecular flexibility index (Phi) is 5.25. The zero-order valence-electron chi connectivity index (χ0n) is 12.1. The fourth-order valence-corrected chi connectivity index (χ4v) is 2.77. The molecule has 1 amide bonds. The summed E-state index contributed by atoms with van der Waals surface area (Å²) in [5.41, 5.74) is 0.872. The lowest BCUT2D eigenvalue weighted by Crippen LogP contribution is -2.17. The molecule has 0 saturated carbocycles. The first-order valence-corrected chi connectivity index (χ1v) is 7.77. The number of rotatable bonds is 5. The number of nitrogens with one attached hydrogen (secondary N) is 1. The van der Waals surface area contributed by atoms with Crippen molar-refractivity contribution in [3.63, 3.8) is 0 Å². The number of hydrogen-bond acceptors (Lipinski definition) is 5. The predicted octanol–water partition coefficient (Wildman–Crippen LogP) is 3.22. The highest BCUT2D eigenvalue weighted by Gasteiger charge is 2.22. The van der Waals surface area contributed by atoms with E-state index < -0.39 is 0 Å². The highest BCUT2D eigenvalue weighted by molar-refractivity contribution is 8.26. The number of thiocarbonyl (C=S) groups is 1. The molecular formula is C15H17NO3S2. The number of carbonyl (C=O) groups excluding carboxylic acids is 1. The summed E-state index contributed by atoms with van der Waals surface area (Å²) in [7, 11) is 1.61. The van der Waals surface area contributed by atoms with Gasteiger partial charge in [-0.3, -0.25) is 4.79 Å². The summed E-state index contributed by atoms with van der Waals surface area (Å²) in [5.74, 6) is 1.61. The molecule has 1 fully saturated rings. The van der Waals surface area contributed by atoms with Gasteiger partial charge in [0.05, 0.1) is 18.6 Å². The summed E-state index contributed by atoms with van der Waals surface area (Å²) in [6.07, 6.45) is 1.79. The quantitative estimate of drug-likeness (QED) is 0.666. The third-order valence-electron chi connectivity index (χ3n) is 2.70. The highest BCUT2D eigenvalue weighted by Crippen LogP contribution is 2.31. The van der Waals surface area contributed by atoms with Gasteiger partial charge < -0.3 is 14.8 Å². The number of hydrogen-bond donors (Lipinski definition) is 1. The Balaban J connectivity index is 2.25. The normalized spacial score (nSPS) is 16.5. The van der Waals surface area contributed by atoms with Crippen molar-refractivity contribution in [2.24, 2.45) is 5.92 Å². The predicted molar refractivity (Wildman–Crippen MR) is 89.6 cm³/mol. The van der Waals surface area contributed by atoms with Gasteiger partial charge in [0.15, 0.2) is 11.5 Å². The number of benzene rings is 1. The smallest absolute Gasteiger partial charge is 0.263 e. The van der Waals surface area contributed by atoms with Gasteiger partial charge in [-0.05, 0) is 29.7 Å². The molecule has 1 aliphatic heterocycles. The number of carbonyl (C=O) groups is 1. The van der Waals surface area contributed by atoms with E-state index in [2.05, 4.69) is 19.2 Å². The fourth-order valence-electron chi connectivity index (χ4n) is 1.72. The maximum atomic E-state index is 11.7. The van der Waals surface area contributed by atoms with Gasteiger partial charge in [-0.2, -0.15) is 0 Å². The van der Waals surface area contributed by atoms with Crippen LogP contribution in [0.15, 0.2) is 23.1 Å². The van der Waals surface area contributed by atoms with Gasteiger partial charge >= 0.3 is 0 Å². The monoisotopic (exact) mass is 323 g/mol. The van der Waals surface area contributed by atoms with Crippen molar-refractivity contribution in [3.8, 4) is 11.5 Å². The summed E-state index contributed by atoms with van der Waals surface area (Å²) in [6, 6.07) is 5.57. The molecule has 112 valence electrons. The highest BCUT2D eigenvalue weighted by atomic mass is 32.2. The molecule has 1 heterocycles. The Labute approximate surface area is 133 Å². The van der Waals surface area contributed by atoms with E-state index in [4.69, 9.17) is 21.7 Å². The first-order chi connectivity index (χ1) is 9.99. The third-order valence-corrected chi connectivity index (χ3v) is 3.86. The number of ether oxygens (including phenoxy) is 2. The van der Waals surface area contributed by atoms with E-state index in [0.29, 0.717) is 33.2 Å². The number of amides is 1. The zero-order chi connectivity index (χ0) is 15.4. The van der Waals surface area contributed by atoms with Crippen LogP contribution in [0.3, 0.4) is 0 Å². The number of thioether (sulfide) groups is 1. The first-order valence-electron chi connectivity index (χ1n) is 6.55. The number of methoxy groups -OCH3 is 1. The van der Waals surface area contributed by atoms with Crippen LogP contribution < -0.4 is 14.8 Å². The summed E-state index contributed by atoms with van der Waals surface area (Å²) < 4.78 is 11.5. The van der Waals surface area contributed by atoms with Gasteiger partial charge in [-0.1, -0.05) is 43.9 Å². The lowest BCUT2D eigenvalue weighted by Gasteiger charge is -2.13. The molecule has 1 aromatic rings. The average molecular weight is 323 g/mol. The summed E-state index contributed by atoms with van der Waals surface area (Å²) in [4.78, 5) is 12.3. The molecule has 6 heteroatoms. The Hall–Kier alpha value is -1.53. The van der Waals surface area contributed by atoms with Crippen LogP contribution in [0, 0.1) is 5.92 Å². The molecule has 1 saturated heterocycles. The second-order valence-electron chi connectivity index (χ2n) is 4.97. The molecule has 0 aliphatic carbocycles. The molecule has 0 atom stereocenters. The minimum atomic E-state index is -0.162. The topological polar surface area (TPSA) is 47.6 Å². The van der Waals surface area contributed by atoms with Gasteiger partial charge in [-0.25, -0.2) is 0 Å². The standard InChI is InChI=1S/C15H17NO3S2/c1-9(2)8-19-12-6-10(4-5-11(12)18-3)7-13-14(17)16-15(20)21-13/h4-7,9H,8H2,1-3H3,(H,16,17,20)/b13-7-. The molecule has 0 spiro atoms. The molecule has 1 N–H and O–H groups in total. The van der Waals surface area contributed by atoms with Gasteiger partial charge in [0, 0.05) is 0 Å². The van der Waals surface area contributed by atoms with E-state index in [1.165, 1.54) is 11.8 Å². The maximum Gasteiger partial charge on any atom is 0.263 e. The Morgan fingerprint density at radius 1 is 1.38 bits per heavy atom.